The molecule has 0 atom stereocenters. The number of ether oxygens (including phenoxy) is 1. The summed E-state index contributed by atoms with van der Waals surface area (Å²) in [6.07, 6.45) is 0. The Morgan fingerprint density at radius 3 is 2.67 bits per heavy atom. The normalized spacial score (nSPS) is 10.2. The van der Waals surface area contributed by atoms with E-state index in [2.05, 4.69) is 5.32 Å². The van der Waals surface area contributed by atoms with Gasteiger partial charge in [0.1, 0.15) is 23.9 Å². The zero-order valence-corrected chi connectivity index (χ0v) is 13.0. The molecule has 21 heavy (non-hydrogen) atoms. The van der Waals surface area contributed by atoms with E-state index in [-0.39, 0.29) is 14.9 Å². The van der Waals surface area contributed by atoms with Gasteiger partial charge in [0.25, 0.3) is 5.69 Å². The molecule has 0 unspecified atom stereocenters. The molecular weight excluding hydrogens is 390 g/mol. The molecular formula is C14H12FIN2O3. The van der Waals surface area contributed by atoms with Gasteiger partial charge in [-0.3, -0.25) is 10.1 Å². The van der Waals surface area contributed by atoms with Crippen LogP contribution in [0.15, 0.2) is 42.5 Å². The zero-order chi connectivity index (χ0) is 15.2. The number of hydrogen-bond acceptors (Lipinski definition) is 4. The quantitative estimate of drug-likeness (QED) is 0.345. The molecule has 0 aliphatic carbocycles. The highest BCUT2D eigenvalue weighted by Gasteiger charge is 2.17. The van der Waals surface area contributed by atoms with Crippen molar-refractivity contribution >= 4 is 34.0 Å². The average molecular weight is 402 g/mol. The van der Waals surface area contributed by atoms with Crippen molar-refractivity contribution in [2.45, 2.75) is 0 Å². The predicted molar refractivity (Wildman–Crippen MR) is 86.2 cm³/mol. The molecule has 0 fully saturated rings. The SMILES string of the molecule is O=[N+]([O-])c1cc(I)c(F)cc1NCCOc1ccccc1. The minimum absolute atomic E-state index is 0.148. The summed E-state index contributed by atoms with van der Waals surface area (Å²) in [4.78, 5) is 10.4. The lowest BCUT2D eigenvalue weighted by Crippen LogP contribution is -2.13. The van der Waals surface area contributed by atoms with E-state index >= 15 is 0 Å². The fraction of sp³-hybridized carbons (Fsp3) is 0.143. The van der Waals surface area contributed by atoms with Crippen molar-refractivity contribution in [1.82, 2.24) is 0 Å². The molecule has 0 aliphatic heterocycles. The van der Waals surface area contributed by atoms with E-state index in [9.17, 15) is 14.5 Å². The Bertz CT molecular complexity index is 638. The van der Waals surface area contributed by atoms with Crippen LogP contribution in [0.1, 0.15) is 0 Å². The molecule has 7 heteroatoms. The fourth-order valence-electron chi connectivity index (χ4n) is 1.70. The van der Waals surface area contributed by atoms with E-state index < -0.39 is 10.7 Å². The number of hydrogen-bond donors (Lipinski definition) is 1. The van der Waals surface area contributed by atoms with Gasteiger partial charge in [0, 0.05) is 18.7 Å². The third-order valence-electron chi connectivity index (χ3n) is 2.66. The summed E-state index contributed by atoms with van der Waals surface area (Å²) in [5, 5.41) is 13.8. The molecule has 2 aromatic carbocycles. The molecule has 0 saturated heterocycles. The van der Waals surface area contributed by atoms with Crippen LogP contribution >= 0.6 is 22.6 Å². The largest absolute Gasteiger partial charge is 0.492 e. The minimum Gasteiger partial charge on any atom is -0.492 e. The van der Waals surface area contributed by atoms with Gasteiger partial charge >= 0.3 is 0 Å². The number of nitrogens with one attached hydrogen (secondary N) is 1. The number of benzene rings is 2. The van der Waals surface area contributed by atoms with Gasteiger partial charge in [0.2, 0.25) is 0 Å². The topological polar surface area (TPSA) is 64.4 Å². The Labute approximate surface area is 134 Å². The summed E-state index contributed by atoms with van der Waals surface area (Å²) < 4.78 is 19.2. The maximum Gasteiger partial charge on any atom is 0.293 e. The Hall–Kier alpha value is -1.90. The van der Waals surface area contributed by atoms with Crippen molar-refractivity contribution in [3.8, 4) is 5.75 Å². The van der Waals surface area contributed by atoms with Crippen LogP contribution in [0.2, 0.25) is 0 Å². The summed E-state index contributed by atoms with van der Waals surface area (Å²) in [6, 6.07) is 11.5. The van der Waals surface area contributed by atoms with E-state index in [4.69, 9.17) is 4.74 Å². The van der Waals surface area contributed by atoms with Crippen molar-refractivity contribution in [1.29, 1.82) is 0 Å². The molecule has 0 aliphatic rings. The molecule has 0 heterocycles. The number of nitrogens with zero attached hydrogens (tertiary/aromatic N) is 1. The Kier molecular flexibility index (Phi) is 5.32. The standard InChI is InChI=1S/C14H12FIN2O3/c15-11-8-13(14(18(19)20)9-12(11)16)17-6-7-21-10-4-2-1-3-5-10/h1-5,8-9,17H,6-7H2. The molecule has 0 bridgehead atoms. The van der Waals surface area contributed by atoms with Crippen molar-refractivity contribution < 1.29 is 14.1 Å². The van der Waals surface area contributed by atoms with Gasteiger partial charge in [0.15, 0.2) is 0 Å². The van der Waals surface area contributed by atoms with Gasteiger partial charge in [0.05, 0.1) is 8.49 Å². The number of halogens is 2. The number of nitro benzene ring substituents is 1. The summed E-state index contributed by atoms with van der Waals surface area (Å²) >= 11 is 1.72. The Morgan fingerprint density at radius 1 is 1.29 bits per heavy atom. The molecule has 0 amide bonds. The lowest BCUT2D eigenvalue weighted by Gasteiger charge is -2.09. The third-order valence-corrected chi connectivity index (χ3v) is 3.49. The van der Waals surface area contributed by atoms with Gasteiger partial charge in [-0.2, -0.15) is 0 Å². The summed E-state index contributed by atoms with van der Waals surface area (Å²) in [5.41, 5.74) is -0.00455. The molecule has 0 radical (unpaired) electrons. The second kappa shape index (κ2) is 7.21. The number of rotatable bonds is 6. The second-order valence-corrected chi connectivity index (χ2v) is 5.29. The van der Waals surface area contributed by atoms with Crippen molar-refractivity contribution in [2.24, 2.45) is 0 Å². The summed E-state index contributed by atoms with van der Waals surface area (Å²) in [7, 11) is 0. The Morgan fingerprint density at radius 2 is 2.00 bits per heavy atom. The van der Waals surface area contributed by atoms with Crippen LogP contribution in [-0.2, 0) is 0 Å². The van der Waals surface area contributed by atoms with Gasteiger partial charge in [-0.05, 0) is 34.7 Å². The maximum absolute atomic E-state index is 13.5. The average Bonchev–Trinajstić information content (AvgIpc) is 2.47. The third kappa shape index (κ3) is 4.28. The van der Waals surface area contributed by atoms with E-state index in [1.807, 2.05) is 30.3 Å². The highest BCUT2D eigenvalue weighted by atomic mass is 127. The van der Waals surface area contributed by atoms with Crippen LogP contribution in [0.3, 0.4) is 0 Å². The van der Waals surface area contributed by atoms with Crippen molar-refractivity contribution in [3.05, 3.63) is 62.0 Å². The lowest BCUT2D eigenvalue weighted by molar-refractivity contribution is -0.384. The van der Waals surface area contributed by atoms with Gasteiger partial charge in [-0.25, -0.2) is 4.39 Å². The molecule has 2 rings (SSSR count). The monoisotopic (exact) mass is 402 g/mol. The van der Waals surface area contributed by atoms with E-state index in [1.165, 1.54) is 6.07 Å². The molecule has 0 aromatic heterocycles. The molecule has 2 aromatic rings. The first-order valence-corrected chi connectivity index (χ1v) is 7.21. The van der Waals surface area contributed by atoms with Crippen molar-refractivity contribution in [2.75, 3.05) is 18.5 Å². The van der Waals surface area contributed by atoms with E-state index in [0.717, 1.165) is 6.07 Å². The van der Waals surface area contributed by atoms with Crippen LogP contribution in [0, 0.1) is 19.5 Å². The van der Waals surface area contributed by atoms with Crippen molar-refractivity contribution in [3.63, 3.8) is 0 Å². The van der Waals surface area contributed by atoms with E-state index in [0.29, 0.717) is 18.9 Å². The lowest BCUT2D eigenvalue weighted by atomic mass is 10.2. The molecule has 110 valence electrons. The first-order valence-electron chi connectivity index (χ1n) is 6.13. The smallest absolute Gasteiger partial charge is 0.293 e. The fourth-order valence-corrected chi connectivity index (χ4v) is 2.15. The minimum atomic E-state index is -0.540. The number of nitro groups is 1. The maximum atomic E-state index is 13.5. The number of anilines is 1. The van der Waals surface area contributed by atoms with Gasteiger partial charge < -0.3 is 10.1 Å². The molecule has 0 saturated carbocycles. The molecule has 1 N–H and O–H groups in total. The van der Waals surface area contributed by atoms with Gasteiger partial charge in [-0.1, -0.05) is 18.2 Å². The molecule has 0 spiro atoms. The Balaban J connectivity index is 1.96. The zero-order valence-electron chi connectivity index (χ0n) is 10.9. The van der Waals surface area contributed by atoms with Crippen LogP contribution in [0.4, 0.5) is 15.8 Å². The highest BCUT2D eigenvalue weighted by Crippen LogP contribution is 2.28. The summed E-state index contributed by atoms with van der Waals surface area (Å²) in [5.74, 6) is 0.218. The highest BCUT2D eigenvalue weighted by molar-refractivity contribution is 14.1. The predicted octanol–water partition coefficient (Wildman–Crippen LogP) is 3.83. The first kappa shape index (κ1) is 15.5. The van der Waals surface area contributed by atoms with Crippen LogP contribution in [-0.4, -0.2) is 18.1 Å². The van der Waals surface area contributed by atoms with Crippen LogP contribution < -0.4 is 10.1 Å². The molecule has 5 nitrogen and oxygen atoms in total. The number of para-hydroxylation sites is 1. The first-order chi connectivity index (χ1) is 10.1. The second-order valence-electron chi connectivity index (χ2n) is 4.13. The van der Waals surface area contributed by atoms with Crippen LogP contribution in [0.25, 0.3) is 0 Å². The van der Waals surface area contributed by atoms with E-state index in [1.54, 1.807) is 22.6 Å². The van der Waals surface area contributed by atoms with Crippen LogP contribution in [0.5, 0.6) is 5.75 Å². The summed E-state index contributed by atoms with van der Waals surface area (Å²) in [6.45, 7) is 0.643. The van der Waals surface area contributed by atoms with Gasteiger partial charge in [-0.15, -0.1) is 0 Å².